The first-order chi connectivity index (χ1) is 10.9. The third-order valence-corrected chi connectivity index (χ3v) is 4.90. The molecule has 110 valence electrons. The van der Waals surface area contributed by atoms with Gasteiger partial charge in [-0.1, -0.05) is 24.3 Å². The van der Waals surface area contributed by atoms with E-state index < -0.39 is 0 Å². The predicted molar refractivity (Wildman–Crippen MR) is 80.7 cm³/mol. The fraction of sp³-hybridized carbons (Fsp3) is 0.294. The lowest BCUT2D eigenvalue weighted by Crippen LogP contribution is -2.34. The topological polar surface area (TPSA) is 51.1 Å². The molecule has 5 rings (SSSR count). The second-order valence-electron chi connectivity index (χ2n) is 5.93. The number of benzene rings is 2. The quantitative estimate of drug-likeness (QED) is 0.758. The maximum Gasteiger partial charge on any atom is 0.231 e. The fourth-order valence-electron chi connectivity index (χ4n) is 3.96. The Morgan fingerprint density at radius 1 is 1.18 bits per heavy atom. The lowest BCUT2D eigenvalue weighted by molar-refractivity contribution is 0.174. The number of nitrogens with zero attached hydrogens (tertiary/aromatic N) is 2. The van der Waals surface area contributed by atoms with E-state index >= 15 is 0 Å². The van der Waals surface area contributed by atoms with Crippen LogP contribution in [0.5, 0.6) is 11.5 Å². The van der Waals surface area contributed by atoms with Gasteiger partial charge in [0.2, 0.25) is 6.79 Å². The van der Waals surface area contributed by atoms with Crippen molar-refractivity contribution >= 4 is 0 Å². The molecule has 0 bridgehead atoms. The van der Waals surface area contributed by atoms with Crippen LogP contribution in [0.4, 0.5) is 0 Å². The largest absolute Gasteiger partial charge is 0.454 e. The summed E-state index contributed by atoms with van der Waals surface area (Å²) in [6.45, 7) is 0.913. The molecule has 0 unspecified atom stereocenters. The Morgan fingerprint density at radius 2 is 2.09 bits per heavy atom. The van der Waals surface area contributed by atoms with Crippen LogP contribution in [0.25, 0.3) is 11.1 Å². The van der Waals surface area contributed by atoms with Crippen molar-refractivity contribution in [1.82, 2.24) is 5.01 Å². The van der Waals surface area contributed by atoms with Crippen molar-refractivity contribution in [3.8, 4) is 22.6 Å². The lowest BCUT2D eigenvalue weighted by Gasteiger charge is -2.38. The van der Waals surface area contributed by atoms with Gasteiger partial charge in [0.1, 0.15) is 0 Å². The molecule has 0 saturated carbocycles. The van der Waals surface area contributed by atoms with Crippen molar-refractivity contribution < 1.29 is 9.47 Å². The Kier molecular flexibility index (Phi) is 2.31. The Morgan fingerprint density at radius 3 is 3.00 bits per heavy atom. The minimum Gasteiger partial charge on any atom is -0.454 e. The van der Waals surface area contributed by atoms with Gasteiger partial charge >= 0.3 is 0 Å². The van der Waals surface area contributed by atoms with Crippen LogP contribution in [0.3, 0.4) is 0 Å². The molecule has 22 heavy (non-hydrogen) atoms. The summed E-state index contributed by atoms with van der Waals surface area (Å²) >= 11 is 0. The van der Waals surface area contributed by atoms with Crippen molar-refractivity contribution in [2.75, 3.05) is 13.3 Å². The van der Waals surface area contributed by atoms with Gasteiger partial charge in [-0.15, -0.1) is 4.91 Å². The van der Waals surface area contributed by atoms with E-state index in [1.807, 2.05) is 12.1 Å². The average Bonchev–Trinajstić information content (AvgIpc) is 3.03. The third kappa shape index (κ3) is 1.43. The summed E-state index contributed by atoms with van der Waals surface area (Å²) in [6.07, 6.45) is 1.62. The fourth-order valence-corrected chi connectivity index (χ4v) is 3.96. The van der Waals surface area contributed by atoms with E-state index in [0.29, 0.717) is 6.54 Å². The zero-order valence-corrected chi connectivity index (χ0v) is 11.9. The molecule has 2 aromatic carbocycles. The van der Waals surface area contributed by atoms with Crippen LogP contribution in [0, 0.1) is 4.91 Å². The number of nitroso groups, excluding NO2 is 1. The second kappa shape index (κ2) is 4.22. The maximum atomic E-state index is 11.2. The van der Waals surface area contributed by atoms with Gasteiger partial charge in [-0.05, 0) is 41.2 Å². The summed E-state index contributed by atoms with van der Waals surface area (Å²) in [5, 5.41) is 4.92. The molecular formula is C17H14N2O3. The first-order valence-corrected chi connectivity index (χ1v) is 7.50. The monoisotopic (exact) mass is 294 g/mol. The zero-order chi connectivity index (χ0) is 14.7. The van der Waals surface area contributed by atoms with Gasteiger partial charge in [-0.25, -0.2) is 0 Å². The van der Waals surface area contributed by atoms with E-state index in [0.717, 1.165) is 29.9 Å². The van der Waals surface area contributed by atoms with Crippen LogP contribution < -0.4 is 9.47 Å². The Balaban J connectivity index is 1.86. The van der Waals surface area contributed by atoms with E-state index in [9.17, 15) is 4.91 Å². The molecule has 3 aliphatic rings. The SMILES string of the molecule is O=NN1CCc2cc3c(c4c2[C@H]1Cc1ccccc1-4)OCO3. The van der Waals surface area contributed by atoms with Crippen molar-refractivity contribution in [3.63, 3.8) is 0 Å². The highest BCUT2D eigenvalue weighted by molar-refractivity contribution is 5.83. The van der Waals surface area contributed by atoms with Crippen molar-refractivity contribution in [2.24, 2.45) is 5.29 Å². The molecule has 2 aliphatic heterocycles. The van der Waals surface area contributed by atoms with Crippen LogP contribution in [-0.4, -0.2) is 18.3 Å². The second-order valence-corrected chi connectivity index (χ2v) is 5.93. The van der Waals surface area contributed by atoms with Crippen LogP contribution in [0.2, 0.25) is 0 Å². The standard InChI is InChI=1S/C17H14N2O3/c20-18-19-6-5-11-8-14-17(22-9-21-14)16-12-4-2-1-3-10(12)7-13(19)15(11)16/h1-4,8,13H,5-7,9H2/t13-/m1/s1. The number of rotatable bonds is 1. The van der Waals surface area contributed by atoms with Gasteiger partial charge in [-0.2, -0.15) is 0 Å². The summed E-state index contributed by atoms with van der Waals surface area (Å²) < 4.78 is 11.4. The van der Waals surface area contributed by atoms with E-state index in [1.165, 1.54) is 22.3 Å². The van der Waals surface area contributed by atoms with E-state index in [-0.39, 0.29) is 12.8 Å². The summed E-state index contributed by atoms with van der Waals surface area (Å²) in [5.41, 5.74) is 5.94. The molecule has 1 atom stereocenters. The molecule has 0 aromatic heterocycles. The third-order valence-electron chi connectivity index (χ3n) is 4.90. The van der Waals surface area contributed by atoms with Crippen LogP contribution in [0.15, 0.2) is 35.6 Å². The Bertz CT molecular complexity index is 803. The van der Waals surface area contributed by atoms with Gasteiger partial charge < -0.3 is 9.47 Å². The van der Waals surface area contributed by atoms with Gasteiger partial charge in [-0.3, -0.25) is 5.01 Å². The molecule has 0 saturated heterocycles. The lowest BCUT2D eigenvalue weighted by atomic mass is 9.77. The molecule has 2 aromatic rings. The molecule has 0 amide bonds. The molecule has 0 fully saturated rings. The highest BCUT2D eigenvalue weighted by atomic mass is 16.7. The van der Waals surface area contributed by atoms with E-state index in [1.54, 1.807) is 5.01 Å². The van der Waals surface area contributed by atoms with Gasteiger partial charge in [0.15, 0.2) is 11.5 Å². The van der Waals surface area contributed by atoms with Crippen LogP contribution in [0.1, 0.15) is 22.7 Å². The first-order valence-electron chi connectivity index (χ1n) is 7.50. The van der Waals surface area contributed by atoms with Crippen molar-refractivity contribution in [2.45, 2.75) is 18.9 Å². The highest BCUT2D eigenvalue weighted by Gasteiger charge is 2.38. The molecular weight excluding hydrogens is 280 g/mol. The highest BCUT2D eigenvalue weighted by Crippen LogP contribution is 2.53. The molecule has 0 radical (unpaired) electrons. The maximum absolute atomic E-state index is 11.2. The summed E-state index contributed by atoms with van der Waals surface area (Å²) in [4.78, 5) is 11.2. The van der Waals surface area contributed by atoms with Crippen molar-refractivity contribution in [1.29, 1.82) is 0 Å². The molecule has 2 heterocycles. The average molecular weight is 294 g/mol. The Hall–Kier alpha value is -2.56. The van der Waals surface area contributed by atoms with E-state index in [4.69, 9.17) is 9.47 Å². The van der Waals surface area contributed by atoms with Crippen LogP contribution in [-0.2, 0) is 12.8 Å². The van der Waals surface area contributed by atoms with Gasteiger partial charge in [0.25, 0.3) is 0 Å². The zero-order valence-electron chi connectivity index (χ0n) is 11.9. The summed E-state index contributed by atoms with van der Waals surface area (Å²) in [5.74, 6) is 1.63. The number of hydrogen-bond acceptors (Lipinski definition) is 4. The normalized spacial score (nSPS) is 20.4. The minimum atomic E-state index is 0.000602. The molecule has 0 N–H and O–H groups in total. The van der Waals surface area contributed by atoms with Crippen LogP contribution >= 0.6 is 0 Å². The van der Waals surface area contributed by atoms with Gasteiger partial charge in [0.05, 0.1) is 11.3 Å². The number of hydrogen-bond donors (Lipinski definition) is 0. The molecule has 5 nitrogen and oxygen atoms in total. The summed E-state index contributed by atoms with van der Waals surface area (Å²) in [7, 11) is 0. The van der Waals surface area contributed by atoms with E-state index in [2.05, 4.69) is 23.5 Å². The first kappa shape index (κ1) is 12.0. The number of fused-ring (bicyclic) bond motifs is 4. The van der Waals surface area contributed by atoms with Gasteiger partial charge in [0, 0.05) is 12.1 Å². The molecule has 5 heteroatoms. The Labute approximate surface area is 127 Å². The minimum absolute atomic E-state index is 0.000602. The smallest absolute Gasteiger partial charge is 0.231 e. The van der Waals surface area contributed by atoms with Crippen molar-refractivity contribution in [3.05, 3.63) is 51.9 Å². The predicted octanol–water partition coefficient (Wildman–Crippen LogP) is 3.22. The number of ether oxygens (including phenoxy) is 2. The summed E-state index contributed by atoms with van der Waals surface area (Å²) in [6, 6.07) is 10.4. The molecule has 1 aliphatic carbocycles. The molecule has 0 spiro atoms.